The van der Waals surface area contributed by atoms with Crippen LogP contribution >= 0.6 is 0 Å². The van der Waals surface area contributed by atoms with Crippen molar-refractivity contribution >= 4 is 0 Å². The zero-order valence-corrected chi connectivity index (χ0v) is 6.46. The van der Waals surface area contributed by atoms with Crippen molar-refractivity contribution in [3.63, 3.8) is 0 Å². The van der Waals surface area contributed by atoms with Gasteiger partial charge in [-0.25, -0.2) is 0 Å². The molecule has 58 valence electrons. The topological polar surface area (TPSA) is 65.6 Å². The molecule has 0 saturated heterocycles. The van der Waals surface area contributed by atoms with E-state index in [4.69, 9.17) is 11.0 Å². The minimum atomic E-state index is -0.0177. The van der Waals surface area contributed by atoms with Gasteiger partial charge >= 0.3 is 0 Å². The number of nitrogens with one attached hydrogen (secondary N) is 1. The summed E-state index contributed by atoms with van der Waals surface area (Å²) < 4.78 is 0. The Labute approximate surface area is 65.8 Å². The highest BCUT2D eigenvalue weighted by atomic mass is 14.7. The van der Waals surface area contributed by atoms with E-state index >= 15 is 0 Å². The molecule has 0 aliphatic carbocycles. The van der Waals surface area contributed by atoms with Gasteiger partial charge in [0.25, 0.3) is 0 Å². The number of hydrogen-bond acceptors (Lipinski definition) is 2. The fraction of sp³-hybridized carbons (Fsp3) is 0.375. The summed E-state index contributed by atoms with van der Waals surface area (Å²) >= 11 is 0. The number of nitrogens with two attached hydrogens (primary N) is 1. The predicted molar refractivity (Wildman–Crippen MR) is 42.7 cm³/mol. The van der Waals surface area contributed by atoms with Crippen molar-refractivity contribution in [2.24, 2.45) is 5.73 Å². The first-order valence-corrected chi connectivity index (χ1v) is 3.62. The van der Waals surface area contributed by atoms with Crippen molar-refractivity contribution in [2.45, 2.75) is 19.4 Å². The van der Waals surface area contributed by atoms with Crippen LogP contribution in [-0.2, 0) is 0 Å². The molecule has 0 spiro atoms. The average Bonchev–Trinajstić information content (AvgIpc) is 2.50. The number of nitrogens with zero attached hydrogens (tertiary/aromatic N) is 1. The first-order chi connectivity index (χ1) is 5.29. The maximum absolute atomic E-state index is 8.63. The Morgan fingerprint density at radius 1 is 1.73 bits per heavy atom. The summed E-state index contributed by atoms with van der Waals surface area (Å²) in [5.74, 6) is 0. The van der Waals surface area contributed by atoms with Gasteiger partial charge in [-0.1, -0.05) is 6.92 Å². The van der Waals surface area contributed by atoms with E-state index in [0.29, 0.717) is 5.56 Å². The normalized spacial score (nSPS) is 12.5. The summed E-state index contributed by atoms with van der Waals surface area (Å²) in [6, 6.07) is 2.06. The third-order valence-electron chi connectivity index (χ3n) is 1.74. The van der Waals surface area contributed by atoms with Gasteiger partial charge in [0.1, 0.15) is 6.07 Å². The van der Waals surface area contributed by atoms with Gasteiger partial charge in [-0.15, -0.1) is 0 Å². The van der Waals surface area contributed by atoms with Gasteiger partial charge in [0, 0.05) is 24.0 Å². The van der Waals surface area contributed by atoms with E-state index in [1.807, 2.05) is 6.92 Å². The molecule has 1 unspecified atom stereocenters. The number of rotatable bonds is 2. The van der Waals surface area contributed by atoms with Gasteiger partial charge in [-0.3, -0.25) is 0 Å². The van der Waals surface area contributed by atoms with Crippen LogP contribution in [0, 0.1) is 11.3 Å². The monoisotopic (exact) mass is 149 g/mol. The maximum Gasteiger partial charge on any atom is 0.101 e. The Bertz CT molecular complexity index is 269. The standard InChI is InChI=1S/C8H11N3/c1-2-8(10)7-5-11-4-6(7)3-9/h4-5,8,11H,2,10H2,1H3. The maximum atomic E-state index is 8.63. The second-order valence-corrected chi connectivity index (χ2v) is 2.45. The van der Waals surface area contributed by atoms with E-state index in [1.54, 1.807) is 12.4 Å². The van der Waals surface area contributed by atoms with Crippen LogP contribution in [0.25, 0.3) is 0 Å². The van der Waals surface area contributed by atoms with Crippen molar-refractivity contribution in [3.05, 3.63) is 23.5 Å². The summed E-state index contributed by atoms with van der Waals surface area (Å²) in [6.07, 6.45) is 4.31. The molecule has 3 nitrogen and oxygen atoms in total. The predicted octanol–water partition coefficient (Wildman–Crippen LogP) is 1.30. The van der Waals surface area contributed by atoms with E-state index in [9.17, 15) is 0 Å². The highest BCUT2D eigenvalue weighted by molar-refractivity contribution is 5.36. The van der Waals surface area contributed by atoms with Gasteiger partial charge in [-0.05, 0) is 6.42 Å². The quantitative estimate of drug-likeness (QED) is 0.665. The van der Waals surface area contributed by atoms with Gasteiger partial charge in [0.15, 0.2) is 0 Å². The van der Waals surface area contributed by atoms with Gasteiger partial charge in [0.05, 0.1) is 5.56 Å². The molecule has 1 rings (SSSR count). The van der Waals surface area contributed by atoms with Crippen LogP contribution in [0.5, 0.6) is 0 Å². The third-order valence-corrected chi connectivity index (χ3v) is 1.74. The second kappa shape index (κ2) is 3.22. The van der Waals surface area contributed by atoms with E-state index in [-0.39, 0.29) is 6.04 Å². The van der Waals surface area contributed by atoms with E-state index < -0.39 is 0 Å². The number of aromatic amines is 1. The Morgan fingerprint density at radius 2 is 2.45 bits per heavy atom. The first kappa shape index (κ1) is 7.83. The SMILES string of the molecule is CCC(N)c1c[nH]cc1C#N. The summed E-state index contributed by atoms with van der Waals surface area (Å²) in [4.78, 5) is 2.86. The molecule has 0 aliphatic rings. The number of nitriles is 1. The van der Waals surface area contributed by atoms with Crippen molar-refractivity contribution in [2.75, 3.05) is 0 Å². The lowest BCUT2D eigenvalue weighted by molar-refractivity contribution is 0.698. The first-order valence-electron chi connectivity index (χ1n) is 3.62. The molecule has 0 radical (unpaired) electrons. The number of aromatic nitrogens is 1. The van der Waals surface area contributed by atoms with E-state index in [0.717, 1.165) is 12.0 Å². The number of hydrogen-bond donors (Lipinski definition) is 2. The lowest BCUT2D eigenvalue weighted by Gasteiger charge is -2.05. The highest BCUT2D eigenvalue weighted by Crippen LogP contribution is 2.16. The van der Waals surface area contributed by atoms with Crippen LogP contribution < -0.4 is 5.73 Å². The lowest BCUT2D eigenvalue weighted by atomic mass is 10.1. The smallest absolute Gasteiger partial charge is 0.101 e. The second-order valence-electron chi connectivity index (χ2n) is 2.45. The molecule has 0 bridgehead atoms. The van der Waals surface area contributed by atoms with Gasteiger partial charge < -0.3 is 10.7 Å². The lowest BCUT2D eigenvalue weighted by Crippen LogP contribution is -2.08. The minimum Gasteiger partial charge on any atom is -0.366 e. The molecule has 1 atom stereocenters. The Morgan fingerprint density at radius 3 is 3.00 bits per heavy atom. The molecule has 3 heteroatoms. The molecular weight excluding hydrogens is 138 g/mol. The van der Waals surface area contributed by atoms with Crippen LogP contribution in [0.4, 0.5) is 0 Å². The Kier molecular flexibility index (Phi) is 2.29. The van der Waals surface area contributed by atoms with Crippen molar-refractivity contribution < 1.29 is 0 Å². The number of H-pyrrole nitrogens is 1. The molecule has 0 amide bonds. The zero-order valence-electron chi connectivity index (χ0n) is 6.46. The van der Waals surface area contributed by atoms with Crippen LogP contribution in [0.1, 0.15) is 30.5 Å². The fourth-order valence-electron chi connectivity index (χ4n) is 0.999. The average molecular weight is 149 g/mol. The van der Waals surface area contributed by atoms with Crippen molar-refractivity contribution in [1.29, 1.82) is 5.26 Å². The highest BCUT2D eigenvalue weighted by Gasteiger charge is 2.08. The molecule has 3 N–H and O–H groups in total. The molecule has 1 aromatic heterocycles. The molecule has 0 fully saturated rings. The van der Waals surface area contributed by atoms with Gasteiger partial charge in [-0.2, -0.15) is 5.26 Å². The fourth-order valence-corrected chi connectivity index (χ4v) is 0.999. The van der Waals surface area contributed by atoms with Gasteiger partial charge in [0.2, 0.25) is 0 Å². The molecule has 1 heterocycles. The van der Waals surface area contributed by atoms with Crippen molar-refractivity contribution in [3.8, 4) is 6.07 Å². The Hall–Kier alpha value is -1.27. The Balaban J connectivity index is 2.95. The van der Waals surface area contributed by atoms with E-state index in [1.165, 1.54) is 0 Å². The van der Waals surface area contributed by atoms with Crippen LogP contribution in [0.15, 0.2) is 12.4 Å². The molecule has 0 aliphatic heterocycles. The van der Waals surface area contributed by atoms with Crippen molar-refractivity contribution in [1.82, 2.24) is 4.98 Å². The zero-order chi connectivity index (χ0) is 8.27. The molecule has 11 heavy (non-hydrogen) atoms. The van der Waals surface area contributed by atoms with E-state index in [2.05, 4.69) is 11.1 Å². The summed E-state index contributed by atoms with van der Waals surface area (Å²) in [5.41, 5.74) is 7.31. The third kappa shape index (κ3) is 1.41. The summed E-state index contributed by atoms with van der Waals surface area (Å²) in [5, 5.41) is 8.63. The summed E-state index contributed by atoms with van der Waals surface area (Å²) in [7, 11) is 0. The molecule has 0 saturated carbocycles. The molecule has 1 aromatic rings. The van der Waals surface area contributed by atoms with Crippen LogP contribution in [-0.4, -0.2) is 4.98 Å². The largest absolute Gasteiger partial charge is 0.366 e. The minimum absolute atomic E-state index is 0.0177. The van der Waals surface area contributed by atoms with Crippen LogP contribution in [0.2, 0.25) is 0 Å². The molecular formula is C8H11N3. The van der Waals surface area contributed by atoms with Crippen LogP contribution in [0.3, 0.4) is 0 Å². The molecule has 0 aromatic carbocycles. The summed E-state index contributed by atoms with van der Waals surface area (Å²) in [6.45, 7) is 2.00.